The molecule has 0 atom stereocenters. The Morgan fingerprint density at radius 2 is 2.09 bits per heavy atom. The Kier molecular flexibility index (Phi) is 3.73. The van der Waals surface area contributed by atoms with Crippen molar-refractivity contribution < 1.29 is 13.6 Å². The van der Waals surface area contributed by atoms with E-state index in [9.17, 15) is 13.6 Å². The summed E-state index contributed by atoms with van der Waals surface area (Å²) in [5, 5.41) is 4.11. The largest absolute Gasteiger partial charge is 0.334 e. The number of carbonyl (C=O) groups excluding carboxylic acids is 1. The molecule has 0 saturated carbocycles. The average Bonchev–Trinajstić information content (AvgIpc) is 2.95. The molecule has 3 aromatic rings. The van der Waals surface area contributed by atoms with E-state index < -0.39 is 17.5 Å². The summed E-state index contributed by atoms with van der Waals surface area (Å²) in [6, 6.07) is 4.97. The third kappa shape index (κ3) is 2.87. The minimum atomic E-state index is -0.704. The van der Waals surface area contributed by atoms with Gasteiger partial charge in [-0.2, -0.15) is 4.98 Å². The monoisotopic (exact) mass is 317 g/mol. The number of aryl methyl sites for hydroxylation is 1. The van der Waals surface area contributed by atoms with Gasteiger partial charge >= 0.3 is 0 Å². The van der Waals surface area contributed by atoms with E-state index in [4.69, 9.17) is 0 Å². The third-order valence-electron chi connectivity index (χ3n) is 3.39. The number of hydrogen-bond acceptors (Lipinski definition) is 4. The SMILES string of the molecule is Cc1ccnc2nc(C(=O)N(C)Cc3ccc(F)cc3F)nn12. The summed E-state index contributed by atoms with van der Waals surface area (Å²) in [6.07, 6.45) is 1.57. The van der Waals surface area contributed by atoms with Crippen LogP contribution in [0, 0.1) is 18.6 Å². The van der Waals surface area contributed by atoms with Gasteiger partial charge < -0.3 is 4.90 Å². The van der Waals surface area contributed by atoms with Gasteiger partial charge in [0.05, 0.1) is 0 Å². The van der Waals surface area contributed by atoms with Crippen LogP contribution in [0.5, 0.6) is 0 Å². The lowest BCUT2D eigenvalue weighted by molar-refractivity contribution is 0.0772. The summed E-state index contributed by atoms with van der Waals surface area (Å²) in [5.41, 5.74) is 0.995. The molecule has 0 aliphatic carbocycles. The molecule has 118 valence electrons. The standard InChI is InChI=1S/C15H13F2N5O/c1-9-5-6-18-15-19-13(20-22(9)15)14(23)21(2)8-10-3-4-11(16)7-12(10)17/h3-7H,8H2,1-2H3. The molecule has 1 amide bonds. The molecule has 0 unspecified atom stereocenters. The highest BCUT2D eigenvalue weighted by Crippen LogP contribution is 2.13. The smallest absolute Gasteiger partial charge is 0.293 e. The van der Waals surface area contributed by atoms with Gasteiger partial charge in [0.2, 0.25) is 5.82 Å². The van der Waals surface area contributed by atoms with Crippen molar-refractivity contribution in [3.63, 3.8) is 0 Å². The Hall–Kier alpha value is -2.90. The lowest BCUT2D eigenvalue weighted by Crippen LogP contribution is -2.27. The minimum absolute atomic E-state index is 0.0209. The van der Waals surface area contributed by atoms with E-state index in [-0.39, 0.29) is 17.9 Å². The molecule has 6 nitrogen and oxygen atoms in total. The molecule has 2 aromatic heterocycles. The fraction of sp³-hybridized carbons (Fsp3) is 0.200. The first kappa shape index (κ1) is 15.0. The highest BCUT2D eigenvalue weighted by molar-refractivity contribution is 5.90. The molecule has 23 heavy (non-hydrogen) atoms. The van der Waals surface area contributed by atoms with E-state index in [2.05, 4.69) is 15.1 Å². The van der Waals surface area contributed by atoms with Crippen molar-refractivity contribution in [3.05, 3.63) is 59.2 Å². The number of benzene rings is 1. The fourth-order valence-electron chi connectivity index (χ4n) is 2.14. The van der Waals surface area contributed by atoms with Gasteiger partial charge in [-0.15, -0.1) is 5.10 Å². The molecule has 0 bridgehead atoms. The van der Waals surface area contributed by atoms with E-state index in [1.54, 1.807) is 12.3 Å². The molecule has 0 N–H and O–H groups in total. The van der Waals surface area contributed by atoms with Gasteiger partial charge in [0, 0.05) is 37.1 Å². The quantitative estimate of drug-likeness (QED) is 0.741. The lowest BCUT2D eigenvalue weighted by Gasteiger charge is -2.15. The van der Waals surface area contributed by atoms with Crippen LogP contribution in [0.4, 0.5) is 8.78 Å². The summed E-state index contributed by atoms with van der Waals surface area (Å²) in [7, 11) is 1.50. The van der Waals surface area contributed by atoms with Crippen LogP contribution in [-0.4, -0.2) is 37.4 Å². The van der Waals surface area contributed by atoms with Crippen molar-refractivity contribution in [1.29, 1.82) is 0 Å². The number of carbonyl (C=O) groups is 1. The fourth-order valence-corrected chi connectivity index (χ4v) is 2.14. The van der Waals surface area contributed by atoms with Crippen LogP contribution in [0.1, 0.15) is 21.9 Å². The van der Waals surface area contributed by atoms with Crippen molar-refractivity contribution in [2.45, 2.75) is 13.5 Å². The maximum Gasteiger partial charge on any atom is 0.293 e. The van der Waals surface area contributed by atoms with Gasteiger partial charge in [-0.25, -0.2) is 18.3 Å². The zero-order valence-electron chi connectivity index (χ0n) is 12.5. The second-order valence-corrected chi connectivity index (χ2v) is 5.13. The van der Waals surface area contributed by atoms with Gasteiger partial charge in [0.1, 0.15) is 11.6 Å². The first-order chi connectivity index (χ1) is 11.0. The molecule has 3 rings (SSSR count). The number of halogens is 2. The Labute approximate surface area is 130 Å². The summed E-state index contributed by atoms with van der Waals surface area (Å²) >= 11 is 0. The zero-order valence-corrected chi connectivity index (χ0v) is 12.5. The zero-order chi connectivity index (χ0) is 16.6. The van der Waals surface area contributed by atoms with Crippen LogP contribution in [0.25, 0.3) is 5.78 Å². The maximum absolute atomic E-state index is 13.7. The molecule has 1 aromatic carbocycles. The first-order valence-electron chi connectivity index (χ1n) is 6.83. The average molecular weight is 317 g/mol. The third-order valence-corrected chi connectivity index (χ3v) is 3.39. The summed E-state index contributed by atoms with van der Waals surface area (Å²) < 4.78 is 28.0. The number of rotatable bonds is 3. The second kappa shape index (κ2) is 5.71. The normalized spacial score (nSPS) is 11.0. The number of aromatic nitrogens is 4. The van der Waals surface area contributed by atoms with Crippen LogP contribution >= 0.6 is 0 Å². The number of hydrogen-bond donors (Lipinski definition) is 0. The molecule has 0 aliphatic heterocycles. The molecule has 8 heteroatoms. The number of amides is 1. The molecular weight excluding hydrogens is 304 g/mol. The lowest BCUT2D eigenvalue weighted by atomic mass is 10.2. The molecule has 0 radical (unpaired) electrons. The highest BCUT2D eigenvalue weighted by atomic mass is 19.1. The summed E-state index contributed by atoms with van der Waals surface area (Å²) in [5.74, 6) is -1.56. The van der Waals surface area contributed by atoms with Crippen molar-refractivity contribution in [3.8, 4) is 0 Å². The van der Waals surface area contributed by atoms with Crippen molar-refractivity contribution in [1.82, 2.24) is 24.5 Å². The van der Waals surface area contributed by atoms with E-state index in [1.807, 2.05) is 6.92 Å². The molecular formula is C15H13F2N5O. The van der Waals surface area contributed by atoms with E-state index in [1.165, 1.54) is 22.5 Å². The van der Waals surface area contributed by atoms with E-state index >= 15 is 0 Å². The van der Waals surface area contributed by atoms with Gasteiger partial charge in [0.25, 0.3) is 11.7 Å². The van der Waals surface area contributed by atoms with Crippen LogP contribution < -0.4 is 0 Å². The summed E-state index contributed by atoms with van der Waals surface area (Å²) in [6.45, 7) is 1.79. The molecule has 0 spiro atoms. The second-order valence-electron chi connectivity index (χ2n) is 5.13. The predicted octanol–water partition coefficient (Wildman–Crippen LogP) is 1.98. The molecule has 2 heterocycles. The van der Waals surface area contributed by atoms with Gasteiger partial charge in [-0.05, 0) is 19.1 Å². The Morgan fingerprint density at radius 1 is 1.30 bits per heavy atom. The molecule has 0 aliphatic rings. The highest BCUT2D eigenvalue weighted by Gasteiger charge is 2.19. The number of fused-ring (bicyclic) bond motifs is 1. The Morgan fingerprint density at radius 3 is 2.78 bits per heavy atom. The Balaban J connectivity index is 1.84. The molecule has 0 fully saturated rings. The van der Waals surface area contributed by atoms with Gasteiger partial charge in [0.15, 0.2) is 0 Å². The Bertz CT molecular complexity index is 893. The van der Waals surface area contributed by atoms with Crippen LogP contribution in [-0.2, 0) is 6.54 Å². The van der Waals surface area contributed by atoms with Crippen molar-refractivity contribution in [2.24, 2.45) is 0 Å². The van der Waals surface area contributed by atoms with Crippen LogP contribution in [0.2, 0.25) is 0 Å². The van der Waals surface area contributed by atoms with Crippen LogP contribution in [0.15, 0.2) is 30.5 Å². The first-order valence-corrected chi connectivity index (χ1v) is 6.83. The predicted molar refractivity (Wildman–Crippen MR) is 77.7 cm³/mol. The van der Waals surface area contributed by atoms with Crippen LogP contribution in [0.3, 0.4) is 0 Å². The van der Waals surface area contributed by atoms with E-state index in [0.717, 1.165) is 17.8 Å². The summed E-state index contributed by atoms with van der Waals surface area (Å²) in [4.78, 5) is 21.7. The minimum Gasteiger partial charge on any atom is -0.334 e. The van der Waals surface area contributed by atoms with Crippen molar-refractivity contribution in [2.75, 3.05) is 7.05 Å². The van der Waals surface area contributed by atoms with Gasteiger partial charge in [-0.1, -0.05) is 6.07 Å². The maximum atomic E-state index is 13.7. The topological polar surface area (TPSA) is 63.4 Å². The molecule has 0 saturated heterocycles. The van der Waals surface area contributed by atoms with Crippen molar-refractivity contribution >= 4 is 11.7 Å². The van der Waals surface area contributed by atoms with Gasteiger partial charge in [-0.3, -0.25) is 4.79 Å². The van der Waals surface area contributed by atoms with E-state index in [0.29, 0.717) is 5.78 Å². The number of nitrogens with zero attached hydrogens (tertiary/aromatic N) is 5.